The molecule has 1 amide bonds. The Hall–Kier alpha value is -4.14. The van der Waals surface area contributed by atoms with E-state index in [1.54, 1.807) is 18.2 Å². The summed E-state index contributed by atoms with van der Waals surface area (Å²) in [6.07, 6.45) is 1.31. The van der Waals surface area contributed by atoms with Crippen LogP contribution >= 0.6 is 0 Å². The summed E-state index contributed by atoms with van der Waals surface area (Å²) in [5, 5.41) is 18.2. The largest absolute Gasteiger partial charge is 0.344 e. The molecule has 0 saturated carbocycles. The van der Waals surface area contributed by atoms with Crippen LogP contribution in [0.25, 0.3) is 17.0 Å². The molecule has 2 aromatic carbocycles. The molecule has 0 aliphatic heterocycles. The number of benzene rings is 2. The van der Waals surface area contributed by atoms with Crippen LogP contribution in [0, 0.1) is 10.1 Å². The van der Waals surface area contributed by atoms with E-state index in [9.17, 15) is 14.9 Å². The molecule has 0 saturated heterocycles. The Morgan fingerprint density at radius 1 is 1.06 bits per heavy atom. The second-order valence-corrected chi connectivity index (χ2v) is 7.82. The number of rotatable bonds is 6. The number of carbonyl (C=O) groups is 1. The van der Waals surface area contributed by atoms with Crippen molar-refractivity contribution in [3.05, 3.63) is 87.9 Å². The summed E-state index contributed by atoms with van der Waals surface area (Å²) >= 11 is 0. The van der Waals surface area contributed by atoms with Gasteiger partial charge in [0, 0.05) is 17.7 Å². The lowest BCUT2D eigenvalue weighted by Gasteiger charge is -2.16. The van der Waals surface area contributed by atoms with Crippen LogP contribution in [0.15, 0.2) is 60.9 Å². The maximum absolute atomic E-state index is 13.1. The predicted octanol–water partition coefficient (Wildman–Crippen LogP) is 4.31. The number of nitro groups is 1. The highest BCUT2D eigenvalue weighted by molar-refractivity contribution is 5.94. The van der Waals surface area contributed by atoms with Crippen LogP contribution in [0.5, 0.6) is 0 Å². The zero-order valence-electron chi connectivity index (χ0n) is 17.9. The Bertz CT molecular complexity index is 1300. The van der Waals surface area contributed by atoms with Gasteiger partial charge in [-0.15, -0.1) is 0 Å². The van der Waals surface area contributed by atoms with Crippen LogP contribution < -0.4 is 5.32 Å². The molecule has 0 bridgehead atoms. The van der Waals surface area contributed by atoms with Crippen LogP contribution in [-0.4, -0.2) is 30.4 Å². The standard InChI is InChI=1S/C23H22N6O3/c1-14(2)16-7-9-17(10-8-16)15(3)26-22(30)21-12-20(27-23-24-13-25-28(21)23)18-5-4-6-19(11-18)29(31)32/h4-15H,1-3H3,(H,26,30). The second-order valence-electron chi connectivity index (χ2n) is 7.82. The Balaban J connectivity index is 1.66. The highest BCUT2D eigenvalue weighted by atomic mass is 16.6. The molecule has 162 valence electrons. The third-order valence-electron chi connectivity index (χ3n) is 5.29. The van der Waals surface area contributed by atoms with Crippen molar-refractivity contribution >= 4 is 17.4 Å². The first-order chi connectivity index (χ1) is 15.3. The van der Waals surface area contributed by atoms with Gasteiger partial charge in [0.25, 0.3) is 17.4 Å². The first-order valence-electron chi connectivity index (χ1n) is 10.2. The smallest absolute Gasteiger partial charge is 0.270 e. The number of nitrogens with zero attached hydrogens (tertiary/aromatic N) is 5. The van der Waals surface area contributed by atoms with Gasteiger partial charge in [0.05, 0.1) is 16.7 Å². The minimum Gasteiger partial charge on any atom is -0.344 e. The minimum atomic E-state index is -0.473. The van der Waals surface area contributed by atoms with Gasteiger partial charge in [-0.05, 0) is 30.0 Å². The third-order valence-corrected chi connectivity index (χ3v) is 5.29. The van der Waals surface area contributed by atoms with Crippen LogP contribution in [0.4, 0.5) is 5.69 Å². The van der Waals surface area contributed by atoms with E-state index in [-0.39, 0.29) is 29.1 Å². The summed E-state index contributed by atoms with van der Waals surface area (Å²) in [7, 11) is 0. The SMILES string of the molecule is CC(C)c1ccc(C(C)NC(=O)c2cc(-c3cccc([N+](=O)[O-])c3)nc3ncnn23)cc1. The van der Waals surface area contributed by atoms with E-state index in [2.05, 4.69) is 46.4 Å². The Morgan fingerprint density at radius 3 is 2.47 bits per heavy atom. The number of nitrogens with one attached hydrogen (secondary N) is 1. The van der Waals surface area contributed by atoms with E-state index >= 15 is 0 Å². The predicted molar refractivity (Wildman–Crippen MR) is 119 cm³/mol. The zero-order valence-corrected chi connectivity index (χ0v) is 17.9. The van der Waals surface area contributed by atoms with E-state index in [1.807, 2.05) is 19.1 Å². The zero-order chi connectivity index (χ0) is 22.8. The molecule has 0 aliphatic carbocycles. The fraction of sp³-hybridized carbons (Fsp3) is 0.217. The van der Waals surface area contributed by atoms with E-state index in [0.29, 0.717) is 17.2 Å². The molecule has 9 nitrogen and oxygen atoms in total. The molecule has 4 aromatic rings. The topological polar surface area (TPSA) is 115 Å². The summed E-state index contributed by atoms with van der Waals surface area (Å²) in [6, 6.07) is 15.5. The molecule has 32 heavy (non-hydrogen) atoms. The molecule has 2 heterocycles. The number of aromatic nitrogens is 4. The fourth-order valence-corrected chi connectivity index (χ4v) is 3.42. The molecule has 0 aliphatic rings. The Kier molecular flexibility index (Phi) is 5.63. The fourth-order valence-electron chi connectivity index (χ4n) is 3.42. The molecule has 1 N–H and O–H groups in total. The maximum atomic E-state index is 13.1. The molecular formula is C23H22N6O3. The average molecular weight is 430 g/mol. The quantitative estimate of drug-likeness (QED) is 0.360. The van der Waals surface area contributed by atoms with Crippen molar-refractivity contribution in [1.82, 2.24) is 24.9 Å². The van der Waals surface area contributed by atoms with Crippen LogP contribution in [0.2, 0.25) is 0 Å². The van der Waals surface area contributed by atoms with Gasteiger partial charge in [-0.25, -0.2) is 4.98 Å². The summed E-state index contributed by atoms with van der Waals surface area (Å²) in [5.41, 5.74) is 3.29. The lowest BCUT2D eigenvalue weighted by molar-refractivity contribution is -0.384. The molecule has 1 unspecified atom stereocenters. The van der Waals surface area contributed by atoms with E-state index in [1.165, 1.54) is 28.5 Å². The van der Waals surface area contributed by atoms with Gasteiger partial charge in [-0.2, -0.15) is 14.6 Å². The van der Waals surface area contributed by atoms with Crippen LogP contribution in [-0.2, 0) is 0 Å². The molecule has 4 rings (SSSR count). The lowest BCUT2D eigenvalue weighted by atomic mass is 9.99. The van der Waals surface area contributed by atoms with Crippen molar-refractivity contribution in [1.29, 1.82) is 0 Å². The number of hydrogen-bond donors (Lipinski definition) is 1. The molecule has 0 fully saturated rings. The number of non-ortho nitro benzene ring substituents is 1. The normalized spacial score (nSPS) is 12.1. The highest BCUT2D eigenvalue weighted by Gasteiger charge is 2.19. The van der Waals surface area contributed by atoms with Crippen molar-refractivity contribution in [3.8, 4) is 11.3 Å². The van der Waals surface area contributed by atoms with Gasteiger partial charge in [0.2, 0.25) is 0 Å². The van der Waals surface area contributed by atoms with Gasteiger partial charge in [0.15, 0.2) is 0 Å². The molecule has 2 aromatic heterocycles. The number of carbonyl (C=O) groups excluding carboxylic acids is 1. The third kappa shape index (κ3) is 4.18. The van der Waals surface area contributed by atoms with Crippen molar-refractivity contribution in [3.63, 3.8) is 0 Å². The molecule has 1 atom stereocenters. The van der Waals surface area contributed by atoms with Crippen LogP contribution in [0.1, 0.15) is 54.3 Å². The minimum absolute atomic E-state index is 0.0601. The average Bonchev–Trinajstić information content (AvgIpc) is 3.27. The maximum Gasteiger partial charge on any atom is 0.270 e. The van der Waals surface area contributed by atoms with Gasteiger partial charge < -0.3 is 5.32 Å². The first kappa shape index (κ1) is 21.1. The molecular weight excluding hydrogens is 408 g/mol. The summed E-state index contributed by atoms with van der Waals surface area (Å²) in [6.45, 7) is 6.17. The molecule has 0 radical (unpaired) electrons. The highest BCUT2D eigenvalue weighted by Crippen LogP contribution is 2.24. The van der Waals surface area contributed by atoms with Crippen molar-refractivity contribution in [2.24, 2.45) is 0 Å². The molecule has 9 heteroatoms. The number of hydrogen-bond acceptors (Lipinski definition) is 6. The van der Waals surface area contributed by atoms with Gasteiger partial charge in [0.1, 0.15) is 12.0 Å². The number of nitro benzene ring substituents is 1. The van der Waals surface area contributed by atoms with Crippen molar-refractivity contribution < 1.29 is 9.72 Å². The Morgan fingerprint density at radius 2 is 1.78 bits per heavy atom. The summed E-state index contributed by atoms with van der Waals surface area (Å²) in [4.78, 5) is 32.3. The Labute approximate surface area is 184 Å². The van der Waals surface area contributed by atoms with Crippen LogP contribution in [0.3, 0.4) is 0 Å². The van der Waals surface area contributed by atoms with Gasteiger partial charge in [-0.3, -0.25) is 14.9 Å². The first-order valence-corrected chi connectivity index (χ1v) is 10.2. The van der Waals surface area contributed by atoms with Gasteiger partial charge in [-0.1, -0.05) is 50.2 Å². The van der Waals surface area contributed by atoms with Crippen molar-refractivity contribution in [2.75, 3.05) is 0 Å². The number of amides is 1. The second kappa shape index (κ2) is 8.54. The monoisotopic (exact) mass is 430 g/mol. The summed E-state index contributed by atoms with van der Waals surface area (Å²) in [5.74, 6) is 0.307. The number of fused-ring (bicyclic) bond motifs is 1. The molecule has 0 spiro atoms. The van der Waals surface area contributed by atoms with Crippen molar-refractivity contribution in [2.45, 2.75) is 32.7 Å². The van der Waals surface area contributed by atoms with E-state index in [4.69, 9.17) is 0 Å². The summed E-state index contributed by atoms with van der Waals surface area (Å²) < 4.78 is 1.35. The van der Waals surface area contributed by atoms with E-state index < -0.39 is 4.92 Å². The lowest BCUT2D eigenvalue weighted by Crippen LogP contribution is -2.28. The van der Waals surface area contributed by atoms with Gasteiger partial charge >= 0.3 is 0 Å². The van der Waals surface area contributed by atoms with E-state index in [0.717, 1.165) is 5.56 Å².